The third-order valence-electron chi connectivity index (χ3n) is 5.01. The summed E-state index contributed by atoms with van der Waals surface area (Å²) in [6.45, 7) is 10.2. The number of hydrogen-bond acceptors (Lipinski definition) is 4. The lowest BCUT2D eigenvalue weighted by Gasteiger charge is -2.30. The van der Waals surface area contributed by atoms with Crippen molar-refractivity contribution < 1.29 is 4.74 Å². The molecular formula is C23H30BrN3OS. The zero-order chi connectivity index (χ0) is 20.8. The molecule has 1 saturated heterocycles. The summed E-state index contributed by atoms with van der Waals surface area (Å²) in [5.74, 6) is 0.940. The van der Waals surface area contributed by atoms with Gasteiger partial charge in [-0.05, 0) is 54.3 Å². The summed E-state index contributed by atoms with van der Waals surface area (Å²) >= 11 is 5.37. The molecule has 1 aliphatic heterocycles. The molecular weight excluding hydrogens is 446 g/mol. The number of nitrogens with one attached hydrogen (secondary N) is 1. The van der Waals surface area contributed by atoms with Crippen LogP contribution >= 0.6 is 27.9 Å². The molecule has 0 spiro atoms. The van der Waals surface area contributed by atoms with E-state index >= 15 is 0 Å². The molecule has 0 unspecified atom stereocenters. The molecule has 4 rings (SSSR count). The number of hydrogen-bond donors (Lipinski definition) is 1. The highest BCUT2D eigenvalue weighted by Crippen LogP contribution is 2.36. The molecule has 1 fully saturated rings. The van der Waals surface area contributed by atoms with Crippen LogP contribution < -0.4 is 15.0 Å². The largest absolute Gasteiger partial charge is 0.495 e. The van der Waals surface area contributed by atoms with Gasteiger partial charge in [-0.2, -0.15) is 0 Å². The Morgan fingerprint density at radius 2 is 1.86 bits per heavy atom. The van der Waals surface area contributed by atoms with Crippen molar-refractivity contribution in [3.8, 4) is 5.75 Å². The molecule has 4 nitrogen and oxygen atoms in total. The van der Waals surface area contributed by atoms with Crippen molar-refractivity contribution in [2.45, 2.75) is 32.1 Å². The van der Waals surface area contributed by atoms with Crippen molar-refractivity contribution in [1.29, 1.82) is 0 Å². The van der Waals surface area contributed by atoms with Gasteiger partial charge in [0.2, 0.25) is 0 Å². The summed E-state index contributed by atoms with van der Waals surface area (Å²) in [6, 6.07) is 13.0. The second-order valence-corrected chi connectivity index (χ2v) is 8.62. The highest BCUT2D eigenvalue weighted by Gasteiger charge is 2.16. The Balaban J connectivity index is 0.00000117. The fourth-order valence-corrected chi connectivity index (χ4v) is 4.89. The molecule has 6 heteroatoms. The number of anilines is 1. The summed E-state index contributed by atoms with van der Waals surface area (Å²) in [5.41, 5.74) is 3.80. The third kappa shape index (κ3) is 4.93. The van der Waals surface area contributed by atoms with Crippen LogP contribution in [0.5, 0.6) is 5.75 Å². The molecule has 0 atom stereocenters. The fourth-order valence-electron chi connectivity index (χ4n) is 3.59. The van der Waals surface area contributed by atoms with Gasteiger partial charge >= 0.3 is 0 Å². The Labute approximate surface area is 186 Å². The van der Waals surface area contributed by atoms with E-state index in [2.05, 4.69) is 79.6 Å². The van der Waals surface area contributed by atoms with Gasteiger partial charge in [-0.1, -0.05) is 42.8 Å². The first kappa shape index (κ1) is 22.1. The zero-order valence-corrected chi connectivity index (χ0v) is 20.1. The molecule has 156 valence electrons. The molecule has 2 aromatic carbocycles. The predicted molar refractivity (Wildman–Crippen MR) is 130 cm³/mol. The Hall–Kier alpha value is -1.63. The highest BCUT2D eigenvalue weighted by atomic mass is 79.9. The van der Waals surface area contributed by atoms with E-state index in [0.29, 0.717) is 0 Å². The van der Waals surface area contributed by atoms with Crippen molar-refractivity contribution in [1.82, 2.24) is 9.29 Å². The second-order valence-electron chi connectivity index (χ2n) is 6.66. The van der Waals surface area contributed by atoms with E-state index in [9.17, 15) is 0 Å². The van der Waals surface area contributed by atoms with Crippen LogP contribution in [0.25, 0.3) is 10.9 Å². The van der Waals surface area contributed by atoms with Crippen LogP contribution in [0.2, 0.25) is 0 Å². The number of methoxy groups -OCH3 is 1. The number of piperazine rings is 1. The smallest absolute Gasteiger partial charge is 0.142 e. The van der Waals surface area contributed by atoms with Crippen molar-refractivity contribution >= 4 is 44.5 Å². The molecule has 0 amide bonds. The first-order valence-corrected chi connectivity index (χ1v) is 11.9. The first-order chi connectivity index (χ1) is 14.2. The number of ether oxygens (including phenoxy) is 1. The minimum absolute atomic E-state index is 0.940. The van der Waals surface area contributed by atoms with Gasteiger partial charge in [0.15, 0.2) is 0 Å². The van der Waals surface area contributed by atoms with Crippen molar-refractivity contribution in [3.05, 3.63) is 52.6 Å². The number of fused-ring (bicyclic) bond motifs is 1. The van der Waals surface area contributed by atoms with Gasteiger partial charge in [-0.15, -0.1) is 0 Å². The number of aryl methyl sites for hydroxylation is 1. The zero-order valence-electron chi connectivity index (χ0n) is 17.7. The molecule has 0 saturated carbocycles. The van der Waals surface area contributed by atoms with Gasteiger partial charge in [-0.3, -0.25) is 3.97 Å². The molecule has 2 heterocycles. The van der Waals surface area contributed by atoms with Crippen molar-refractivity contribution in [2.24, 2.45) is 0 Å². The van der Waals surface area contributed by atoms with Gasteiger partial charge in [0, 0.05) is 47.1 Å². The second kappa shape index (κ2) is 10.4. The standard InChI is InChI=1S/C21H24BrN3OS.C2H6/c1-3-15-14-25(19-12-16(22)4-6-18(15)19)27-17-5-7-21(26-2)20(13-17)24-10-8-23-9-11-24;1-2/h4-7,12-14,23H,3,8-11H2,1-2H3;1-2H3. The maximum absolute atomic E-state index is 5.63. The first-order valence-electron chi connectivity index (χ1n) is 10.3. The lowest BCUT2D eigenvalue weighted by Crippen LogP contribution is -2.43. The lowest BCUT2D eigenvalue weighted by atomic mass is 10.1. The minimum Gasteiger partial charge on any atom is -0.495 e. The molecule has 29 heavy (non-hydrogen) atoms. The van der Waals surface area contributed by atoms with Crippen LogP contribution in [0.15, 0.2) is 52.0 Å². The van der Waals surface area contributed by atoms with E-state index in [4.69, 9.17) is 4.74 Å². The maximum atomic E-state index is 5.63. The quantitative estimate of drug-likeness (QED) is 0.492. The Morgan fingerprint density at radius 1 is 1.10 bits per heavy atom. The molecule has 0 bridgehead atoms. The molecule has 0 aliphatic carbocycles. The van der Waals surface area contributed by atoms with E-state index in [1.165, 1.54) is 27.0 Å². The number of nitrogens with zero attached hydrogens (tertiary/aromatic N) is 2. The van der Waals surface area contributed by atoms with Gasteiger partial charge in [0.25, 0.3) is 0 Å². The molecule has 0 radical (unpaired) electrons. The summed E-state index contributed by atoms with van der Waals surface area (Å²) in [4.78, 5) is 3.62. The van der Waals surface area contributed by atoms with E-state index in [1.54, 1.807) is 19.1 Å². The van der Waals surface area contributed by atoms with E-state index in [0.717, 1.165) is 42.8 Å². The van der Waals surface area contributed by atoms with E-state index < -0.39 is 0 Å². The van der Waals surface area contributed by atoms with Gasteiger partial charge in [-0.25, -0.2) is 0 Å². The molecule has 1 aromatic heterocycles. The number of halogens is 1. The van der Waals surface area contributed by atoms with Crippen LogP contribution in [-0.4, -0.2) is 37.3 Å². The topological polar surface area (TPSA) is 29.4 Å². The number of benzene rings is 2. The summed E-state index contributed by atoms with van der Waals surface area (Å²) in [5, 5.41) is 4.74. The Kier molecular flexibility index (Phi) is 7.92. The monoisotopic (exact) mass is 475 g/mol. The van der Waals surface area contributed by atoms with Crippen LogP contribution in [0, 0.1) is 0 Å². The third-order valence-corrected chi connectivity index (χ3v) is 6.47. The highest BCUT2D eigenvalue weighted by molar-refractivity contribution is 9.10. The normalized spacial score (nSPS) is 13.9. The average Bonchev–Trinajstić information content (AvgIpc) is 3.12. The van der Waals surface area contributed by atoms with Crippen LogP contribution in [0.4, 0.5) is 5.69 Å². The van der Waals surface area contributed by atoms with Crippen LogP contribution in [0.3, 0.4) is 0 Å². The van der Waals surface area contributed by atoms with Crippen molar-refractivity contribution in [3.63, 3.8) is 0 Å². The minimum atomic E-state index is 0.940. The van der Waals surface area contributed by atoms with Gasteiger partial charge in [0.05, 0.1) is 18.3 Å². The Bertz CT molecular complexity index is 951. The number of aromatic nitrogens is 1. The van der Waals surface area contributed by atoms with Crippen molar-refractivity contribution in [2.75, 3.05) is 38.2 Å². The van der Waals surface area contributed by atoms with Crippen LogP contribution in [-0.2, 0) is 6.42 Å². The SMILES string of the molecule is CC.CCc1cn(Sc2ccc(OC)c(N3CCNCC3)c2)c2cc(Br)ccc12. The molecule has 3 aromatic rings. The fraction of sp³-hybridized carbons (Fsp3) is 0.391. The van der Waals surface area contributed by atoms with E-state index in [-0.39, 0.29) is 0 Å². The maximum Gasteiger partial charge on any atom is 0.142 e. The summed E-state index contributed by atoms with van der Waals surface area (Å²) < 4.78 is 9.01. The number of rotatable bonds is 5. The average molecular weight is 476 g/mol. The summed E-state index contributed by atoms with van der Waals surface area (Å²) in [7, 11) is 1.75. The van der Waals surface area contributed by atoms with E-state index in [1.807, 2.05) is 13.8 Å². The van der Waals surface area contributed by atoms with Gasteiger partial charge < -0.3 is 15.0 Å². The van der Waals surface area contributed by atoms with Crippen LogP contribution in [0.1, 0.15) is 26.3 Å². The van der Waals surface area contributed by atoms with Gasteiger partial charge in [0.1, 0.15) is 5.75 Å². The molecule has 1 N–H and O–H groups in total. The predicted octanol–water partition coefficient (Wildman–Crippen LogP) is 5.97. The molecule has 1 aliphatic rings. The summed E-state index contributed by atoms with van der Waals surface area (Å²) in [6.07, 6.45) is 3.29. The lowest BCUT2D eigenvalue weighted by molar-refractivity contribution is 0.412. The Morgan fingerprint density at radius 3 is 2.55 bits per heavy atom.